The van der Waals surface area contributed by atoms with Crippen LogP contribution in [0.5, 0.6) is 11.5 Å². The van der Waals surface area contributed by atoms with Crippen molar-refractivity contribution in [1.29, 1.82) is 0 Å². The normalized spacial score (nSPS) is 25.3. The number of amides is 1. The van der Waals surface area contributed by atoms with Gasteiger partial charge < -0.3 is 19.7 Å². The summed E-state index contributed by atoms with van der Waals surface area (Å²) in [5.41, 5.74) is 1.67. The first kappa shape index (κ1) is 16.5. The van der Waals surface area contributed by atoms with Crippen molar-refractivity contribution < 1.29 is 14.3 Å². The molecule has 134 valence electrons. The van der Waals surface area contributed by atoms with Crippen LogP contribution in [-0.4, -0.2) is 50.2 Å². The Morgan fingerprint density at radius 1 is 1.28 bits per heavy atom. The van der Waals surface area contributed by atoms with Gasteiger partial charge in [0.1, 0.15) is 6.61 Å². The smallest absolute Gasteiger partial charge is 0.253 e. The number of nitrogens with zero attached hydrogens (tertiary/aromatic N) is 1. The Balaban J connectivity index is 1.50. The van der Waals surface area contributed by atoms with Crippen molar-refractivity contribution in [3.63, 3.8) is 0 Å². The summed E-state index contributed by atoms with van der Waals surface area (Å²) >= 11 is 0. The van der Waals surface area contributed by atoms with Gasteiger partial charge in [-0.25, -0.2) is 0 Å². The molecule has 0 saturated carbocycles. The second-order valence-corrected chi connectivity index (χ2v) is 7.11. The Hall–Kier alpha value is -2.01. The minimum atomic E-state index is 0.125. The van der Waals surface area contributed by atoms with Crippen molar-refractivity contribution in [2.75, 3.05) is 39.4 Å². The molecule has 2 fully saturated rings. The zero-order chi connectivity index (χ0) is 17.2. The van der Waals surface area contributed by atoms with Gasteiger partial charge in [-0.15, -0.1) is 0 Å². The van der Waals surface area contributed by atoms with Gasteiger partial charge in [-0.3, -0.25) is 4.79 Å². The standard InChI is InChI=1S/C20H26N2O3/c1-2-24-18-5-3-4-14-10-17(13-25-19(14)18)20(23)22-8-6-15-11-21-12-16(15)7-9-22/h3-5,10,15-16,21H,2,6-9,11-13H2,1H3/t15-,16+. The van der Waals surface area contributed by atoms with Crippen LogP contribution in [0.3, 0.4) is 0 Å². The van der Waals surface area contributed by atoms with Gasteiger partial charge in [0.25, 0.3) is 5.91 Å². The van der Waals surface area contributed by atoms with Gasteiger partial charge in [0, 0.05) is 18.7 Å². The zero-order valence-electron chi connectivity index (χ0n) is 14.8. The minimum Gasteiger partial charge on any atom is -0.490 e. The van der Waals surface area contributed by atoms with Gasteiger partial charge in [-0.05, 0) is 56.8 Å². The fraction of sp³-hybridized carbons (Fsp3) is 0.550. The van der Waals surface area contributed by atoms with Gasteiger partial charge in [0.2, 0.25) is 0 Å². The molecule has 5 nitrogen and oxygen atoms in total. The topological polar surface area (TPSA) is 50.8 Å². The van der Waals surface area contributed by atoms with Crippen LogP contribution in [0.4, 0.5) is 0 Å². The van der Waals surface area contributed by atoms with E-state index in [9.17, 15) is 4.79 Å². The van der Waals surface area contributed by atoms with Crippen LogP contribution in [0, 0.1) is 11.8 Å². The van der Waals surface area contributed by atoms with Crippen LogP contribution in [0.15, 0.2) is 23.8 Å². The van der Waals surface area contributed by atoms with E-state index in [1.165, 1.54) is 0 Å². The van der Waals surface area contributed by atoms with E-state index in [0.717, 1.165) is 73.5 Å². The number of hydrogen-bond donors (Lipinski definition) is 1. The predicted octanol–water partition coefficient (Wildman–Crippen LogP) is 2.32. The van der Waals surface area contributed by atoms with Gasteiger partial charge >= 0.3 is 0 Å². The number of nitrogens with one attached hydrogen (secondary N) is 1. The first-order chi connectivity index (χ1) is 12.3. The van der Waals surface area contributed by atoms with Crippen molar-refractivity contribution in [1.82, 2.24) is 10.2 Å². The summed E-state index contributed by atoms with van der Waals surface area (Å²) in [5.74, 6) is 3.07. The maximum Gasteiger partial charge on any atom is 0.253 e. The van der Waals surface area contributed by atoms with Crippen molar-refractivity contribution >= 4 is 12.0 Å². The summed E-state index contributed by atoms with van der Waals surface area (Å²) < 4.78 is 11.5. The molecular formula is C20H26N2O3. The molecule has 3 aliphatic rings. The Morgan fingerprint density at radius 3 is 2.76 bits per heavy atom. The first-order valence-electron chi connectivity index (χ1n) is 9.35. The van der Waals surface area contributed by atoms with Crippen molar-refractivity contribution in [2.45, 2.75) is 19.8 Å². The summed E-state index contributed by atoms with van der Waals surface area (Å²) in [6, 6.07) is 5.82. The average Bonchev–Trinajstić information content (AvgIpc) is 3.00. The van der Waals surface area contributed by atoms with Crippen LogP contribution < -0.4 is 14.8 Å². The number of fused-ring (bicyclic) bond motifs is 2. The van der Waals surface area contributed by atoms with Crippen molar-refractivity contribution in [3.8, 4) is 11.5 Å². The van der Waals surface area contributed by atoms with Gasteiger partial charge in [-0.2, -0.15) is 0 Å². The second-order valence-electron chi connectivity index (χ2n) is 7.11. The Kier molecular flexibility index (Phi) is 4.66. The molecule has 4 rings (SSSR count). The molecule has 2 atom stereocenters. The number of carbonyl (C=O) groups excluding carboxylic acids is 1. The third kappa shape index (κ3) is 3.25. The number of ether oxygens (including phenoxy) is 2. The van der Waals surface area contributed by atoms with E-state index in [2.05, 4.69) is 5.32 Å². The molecule has 0 radical (unpaired) electrons. The third-order valence-corrected chi connectivity index (χ3v) is 5.59. The average molecular weight is 342 g/mol. The number of carbonyl (C=O) groups is 1. The van der Waals surface area contributed by atoms with E-state index < -0.39 is 0 Å². The van der Waals surface area contributed by atoms with E-state index in [1.54, 1.807) is 0 Å². The molecule has 0 bridgehead atoms. The zero-order valence-corrected chi connectivity index (χ0v) is 14.8. The van der Waals surface area contributed by atoms with Gasteiger partial charge in [0.15, 0.2) is 11.5 Å². The highest BCUT2D eigenvalue weighted by molar-refractivity contribution is 5.99. The van der Waals surface area contributed by atoms with Gasteiger partial charge in [-0.1, -0.05) is 12.1 Å². The van der Waals surface area contributed by atoms with Crippen molar-refractivity contribution in [3.05, 3.63) is 29.3 Å². The number of benzene rings is 1. The van der Waals surface area contributed by atoms with E-state index in [0.29, 0.717) is 13.2 Å². The molecule has 0 aromatic heterocycles. The molecule has 0 spiro atoms. The largest absolute Gasteiger partial charge is 0.490 e. The monoisotopic (exact) mass is 342 g/mol. The number of para-hydroxylation sites is 1. The second kappa shape index (κ2) is 7.08. The maximum absolute atomic E-state index is 13.0. The third-order valence-electron chi connectivity index (χ3n) is 5.59. The fourth-order valence-electron chi connectivity index (χ4n) is 4.20. The molecule has 3 heterocycles. The predicted molar refractivity (Wildman–Crippen MR) is 96.7 cm³/mol. The number of likely N-dealkylation sites (tertiary alicyclic amines) is 1. The molecule has 1 N–H and O–H groups in total. The van der Waals surface area contributed by atoms with Crippen LogP contribution in [0.2, 0.25) is 0 Å². The highest BCUT2D eigenvalue weighted by Crippen LogP contribution is 2.36. The number of rotatable bonds is 3. The molecule has 1 amide bonds. The van der Waals surface area contributed by atoms with Crippen LogP contribution in [-0.2, 0) is 4.79 Å². The van der Waals surface area contributed by atoms with Gasteiger partial charge in [0.05, 0.1) is 12.2 Å². The highest BCUT2D eigenvalue weighted by Gasteiger charge is 2.32. The Morgan fingerprint density at radius 2 is 2.04 bits per heavy atom. The fourth-order valence-corrected chi connectivity index (χ4v) is 4.20. The lowest BCUT2D eigenvalue weighted by Crippen LogP contribution is -2.35. The summed E-state index contributed by atoms with van der Waals surface area (Å²) in [7, 11) is 0. The summed E-state index contributed by atoms with van der Waals surface area (Å²) in [4.78, 5) is 15.0. The Labute approximate surface area is 149 Å². The molecule has 3 aliphatic heterocycles. The molecule has 0 aliphatic carbocycles. The lowest BCUT2D eigenvalue weighted by molar-refractivity contribution is -0.127. The van der Waals surface area contributed by atoms with E-state index >= 15 is 0 Å². The maximum atomic E-state index is 13.0. The van der Waals surface area contributed by atoms with Crippen molar-refractivity contribution in [2.24, 2.45) is 11.8 Å². The molecule has 5 heteroatoms. The first-order valence-corrected chi connectivity index (χ1v) is 9.35. The van der Waals surface area contributed by atoms with Crippen LogP contribution >= 0.6 is 0 Å². The summed E-state index contributed by atoms with van der Waals surface area (Å²) in [6.07, 6.45) is 4.17. The van der Waals surface area contributed by atoms with E-state index in [-0.39, 0.29) is 5.91 Å². The summed E-state index contributed by atoms with van der Waals surface area (Å²) in [6.45, 7) is 6.78. The van der Waals surface area contributed by atoms with Crippen LogP contribution in [0.1, 0.15) is 25.3 Å². The molecule has 0 unspecified atom stereocenters. The van der Waals surface area contributed by atoms with E-state index in [4.69, 9.17) is 9.47 Å². The quantitative estimate of drug-likeness (QED) is 0.916. The minimum absolute atomic E-state index is 0.125. The molecule has 25 heavy (non-hydrogen) atoms. The SMILES string of the molecule is CCOc1cccc2c1OCC(C(=O)N1CC[C@@H]3CNC[C@@H]3CC1)=C2. The molecular weight excluding hydrogens is 316 g/mol. The molecule has 2 saturated heterocycles. The van der Waals surface area contributed by atoms with E-state index in [1.807, 2.05) is 36.1 Å². The highest BCUT2D eigenvalue weighted by atomic mass is 16.5. The molecule has 1 aromatic rings. The Bertz CT molecular complexity index is 672. The number of hydrogen-bond acceptors (Lipinski definition) is 4. The lowest BCUT2D eigenvalue weighted by atomic mass is 9.92. The summed E-state index contributed by atoms with van der Waals surface area (Å²) in [5, 5.41) is 3.48. The lowest BCUT2D eigenvalue weighted by Gasteiger charge is -2.25. The van der Waals surface area contributed by atoms with Crippen LogP contribution in [0.25, 0.3) is 6.08 Å². The molecule has 1 aromatic carbocycles.